The van der Waals surface area contributed by atoms with Crippen LogP contribution >= 0.6 is 12.6 Å². The number of aliphatic carboxylic acids is 1. The summed E-state index contributed by atoms with van der Waals surface area (Å²) in [5.41, 5.74) is -4.31. The zero-order chi connectivity index (χ0) is 23.9. The van der Waals surface area contributed by atoms with Gasteiger partial charge >= 0.3 is 12.1 Å². The van der Waals surface area contributed by atoms with Gasteiger partial charge in [-0.1, -0.05) is 27.7 Å². The fraction of sp³-hybridized carbons (Fsp3) is 0.619. The van der Waals surface area contributed by atoms with Crippen LogP contribution in [-0.2, 0) is 20.9 Å². The van der Waals surface area contributed by atoms with Crippen LogP contribution in [0.1, 0.15) is 54.9 Å². The molecule has 1 aromatic heterocycles. The van der Waals surface area contributed by atoms with E-state index in [9.17, 15) is 24.3 Å². The number of rotatable bonds is 4. The first-order chi connectivity index (χ1) is 14.1. The molecule has 0 saturated carbocycles. The minimum Gasteiger partial charge on any atom is -0.478 e. The molecule has 10 heteroatoms. The van der Waals surface area contributed by atoms with Crippen LogP contribution in [0, 0.1) is 5.41 Å². The Kier molecular flexibility index (Phi) is 6.57. The smallest absolute Gasteiger partial charge is 0.414 e. The molecule has 2 atom stereocenters. The van der Waals surface area contributed by atoms with Gasteiger partial charge in [0.2, 0.25) is 11.6 Å². The van der Waals surface area contributed by atoms with Gasteiger partial charge in [-0.05, 0) is 33.3 Å². The first kappa shape index (κ1) is 24.8. The minimum absolute atomic E-state index is 0.292. The molecule has 1 aliphatic rings. The van der Waals surface area contributed by atoms with Crippen LogP contribution in [0.5, 0.6) is 0 Å². The Hall–Kier alpha value is -2.49. The summed E-state index contributed by atoms with van der Waals surface area (Å²) in [5.74, 6) is -1.93. The minimum atomic E-state index is -1.97. The maximum absolute atomic E-state index is 13.3. The second kappa shape index (κ2) is 8.22. The standard InChI is InChI=1S/C21H31N3O6S/c1-8-14-23(16(26)12-22-10-9-13(31)11-15(22)25)21(17(27)28,19(2,3)4)24(14)18(29)30-20(5,6)7/h9-11,14,31H,8,12H2,1-7H3,(H,27,28)/t14-,21+/m0/s1. The Balaban J connectivity index is 2.55. The molecule has 0 spiro atoms. The van der Waals surface area contributed by atoms with E-state index in [1.807, 2.05) is 0 Å². The SMILES string of the molecule is CC[C@H]1N(C(=O)Cn2ccc(S)cc2=O)[C@@](C(=O)O)(C(C)(C)C)N1C(=O)OC(C)(C)C. The average molecular weight is 454 g/mol. The summed E-state index contributed by atoms with van der Waals surface area (Å²) in [6.45, 7) is 11.4. The van der Waals surface area contributed by atoms with Crippen LogP contribution in [0.15, 0.2) is 28.0 Å². The lowest BCUT2D eigenvalue weighted by Crippen LogP contribution is -2.88. The maximum Gasteiger partial charge on any atom is 0.414 e. The normalized spacial score (nSPS) is 21.5. The van der Waals surface area contributed by atoms with Crippen LogP contribution in [-0.4, -0.2) is 54.9 Å². The fourth-order valence-corrected chi connectivity index (χ4v) is 4.16. The van der Waals surface area contributed by atoms with E-state index in [1.54, 1.807) is 54.5 Å². The van der Waals surface area contributed by atoms with Crippen LogP contribution in [0.3, 0.4) is 0 Å². The molecule has 172 valence electrons. The number of nitrogens with zero attached hydrogens (tertiary/aromatic N) is 3. The van der Waals surface area contributed by atoms with Crippen LogP contribution in [0.2, 0.25) is 0 Å². The zero-order valence-electron chi connectivity index (χ0n) is 19.0. The van der Waals surface area contributed by atoms with Gasteiger partial charge in [0, 0.05) is 22.6 Å². The number of carbonyl (C=O) groups is 3. The Labute approximate surface area is 187 Å². The lowest BCUT2D eigenvalue weighted by atomic mass is 9.73. The summed E-state index contributed by atoms with van der Waals surface area (Å²) in [6.07, 6.45) is 0.0875. The van der Waals surface area contributed by atoms with Crippen LogP contribution < -0.4 is 5.56 Å². The van der Waals surface area contributed by atoms with E-state index in [4.69, 9.17) is 4.74 Å². The molecule has 2 amide bonds. The molecule has 0 aliphatic carbocycles. The molecular formula is C21H31N3O6S. The summed E-state index contributed by atoms with van der Waals surface area (Å²) in [4.78, 5) is 54.0. The summed E-state index contributed by atoms with van der Waals surface area (Å²) in [7, 11) is 0. The molecule has 1 saturated heterocycles. The number of amides is 2. The van der Waals surface area contributed by atoms with Gasteiger partial charge in [-0.15, -0.1) is 12.6 Å². The van der Waals surface area contributed by atoms with Gasteiger partial charge in [0.1, 0.15) is 18.3 Å². The van der Waals surface area contributed by atoms with Gasteiger partial charge in [0.15, 0.2) is 0 Å². The third kappa shape index (κ3) is 4.30. The average Bonchev–Trinajstić information content (AvgIpc) is 2.53. The molecule has 2 rings (SSSR count). The number of pyridine rings is 1. The van der Waals surface area contributed by atoms with Crippen molar-refractivity contribution >= 4 is 30.6 Å². The van der Waals surface area contributed by atoms with E-state index in [1.165, 1.54) is 21.7 Å². The quantitative estimate of drug-likeness (QED) is 0.679. The van der Waals surface area contributed by atoms with Gasteiger partial charge < -0.3 is 14.4 Å². The Bertz CT molecular complexity index is 946. The molecule has 2 heterocycles. The van der Waals surface area contributed by atoms with E-state index in [0.29, 0.717) is 11.3 Å². The molecule has 0 aromatic carbocycles. The molecular weight excluding hydrogens is 422 g/mol. The van der Waals surface area contributed by atoms with Gasteiger partial charge in [-0.25, -0.2) is 9.59 Å². The van der Waals surface area contributed by atoms with Crippen molar-refractivity contribution < 1.29 is 24.2 Å². The van der Waals surface area contributed by atoms with Crippen molar-refractivity contribution in [2.24, 2.45) is 5.41 Å². The predicted molar refractivity (Wildman–Crippen MR) is 117 cm³/mol. The van der Waals surface area contributed by atoms with Crippen molar-refractivity contribution in [2.75, 3.05) is 0 Å². The van der Waals surface area contributed by atoms with Crippen molar-refractivity contribution in [3.63, 3.8) is 0 Å². The molecule has 1 fully saturated rings. The summed E-state index contributed by atoms with van der Waals surface area (Å²) >= 11 is 4.11. The highest BCUT2D eigenvalue weighted by Crippen LogP contribution is 2.50. The van der Waals surface area contributed by atoms with Crippen LogP contribution in [0.25, 0.3) is 0 Å². The largest absolute Gasteiger partial charge is 0.478 e. The number of hydrogen-bond donors (Lipinski definition) is 2. The zero-order valence-corrected chi connectivity index (χ0v) is 19.9. The molecule has 31 heavy (non-hydrogen) atoms. The van der Waals surface area contributed by atoms with E-state index < -0.39 is 46.4 Å². The number of ether oxygens (including phenoxy) is 1. The second-order valence-electron chi connectivity index (χ2n) is 9.58. The third-order valence-corrected chi connectivity index (χ3v) is 5.42. The van der Waals surface area contributed by atoms with Crippen LogP contribution in [0.4, 0.5) is 4.79 Å². The Morgan fingerprint density at radius 3 is 2.16 bits per heavy atom. The van der Waals surface area contributed by atoms with Gasteiger partial charge in [0.25, 0.3) is 5.56 Å². The van der Waals surface area contributed by atoms with E-state index in [2.05, 4.69) is 12.6 Å². The molecule has 1 aromatic rings. The highest BCUT2D eigenvalue weighted by molar-refractivity contribution is 7.80. The summed E-state index contributed by atoms with van der Waals surface area (Å²) in [6, 6.07) is 2.83. The first-order valence-electron chi connectivity index (χ1n) is 10.0. The van der Waals surface area contributed by atoms with Crippen molar-refractivity contribution in [3.8, 4) is 0 Å². The second-order valence-corrected chi connectivity index (χ2v) is 10.1. The molecule has 9 nitrogen and oxygen atoms in total. The fourth-order valence-electron chi connectivity index (χ4n) is 3.98. The van der Waals surface area contributed by atoms with Gasteiger partial charge in [-0.3, -0.25) is 19.4 Å². The lowest BCUT2D eigenvalue weighted by Gasteiger charge is -2.67. The number of aromatic nitrogens is 1. The molecule has 0 radical (unpaired) electrons. The van der Waals surface area contributed by atoms with E-state index >= 15 is 0 Å². The topological polar surface area (TPSA) is 109 Å². The van der Waals surface area contributed by atoms with Crippen molar-refractivity contribution in [2.45, 2.75) is 83.8 Å². The maximum atomic E-state index is 13.3. The number of thiol groups is 1. The number of hydrogen-bond acceptors (Lipinski definition) is 6. The third-order valence-electron chi connectivity index (χ3n) is 5.15. The number of carbonyl (C=O) groups excluding carboxylic acids is 2. The van der Waals surface area contributed by atoms with Crippen molar-refractivity contribution in [1.82, 2.24) is 14.4 Å². The Morgan fingerprint density at radius 1 is 1.16 bits per heavy atom. The Morgan fingerprint density at radius 2 is 1.74 bits per heavy atom. The highest BCUT2D eigenvalue weighted by atomic mass is 32.1. The summed E-state index contributed by atoms with van der Waals surface area (Å²) < 4.78 is 6.66. The van der Waals surface area contributed by atoms with Crippen molar-refractivity contribution in [3.05, 3.63) is 28.7 Å². The first-order valence-corrected chi connectivity index (χ1v) is 10.5. The molecule has 0 bridgehead atoms. The highest BCUT2D eigenvalue weighted by Gasteiger charge is 2.72. The van der Waals surface area contributed by atoms with E-state index in [-0.39, 0.29) is 6.54 Å². The number of carboxylic acids is 1. The van der Waals surface area contributed by atoms with Crippen molar-refractivity contribution in [1.29, 1.82) is 0 Å². The van der Waals surface area contributed by atoms with Gasteiger partial charge in [-0.2, -0.15) is 0 Å². The predicted octanol–water partition coefficient (Wildman–Crippen LogP) is 2.78. The monoisotopic (exact) mass is 453 g/mol. The van der Waals surface area contributed by atoms with E-state index in [0.717, 1.165) is 4.90 Å². The molecule has 1 aliphatic heterocycles. The van der Waals surface area contributed by atoms with Gasteiger partial charge in [0.05, 0.1) is 0 Å². The molecule has 0 unspecified atom stereocenters. The molecule has 1 N–H and O–H groups in total. The summed E-state index contributed by atoms with van der Waals surface area (Å²) in [5, 5.41) is 10.3. The number of carboxylic acid groups (broad SMARTS) is 1. The lowest BCUT2D eigenvalue weighted by molar-refractivity contribution is -0.266.